The third-order valence-electron chi connectivity index (χ3n) is 3.07. The first-order valence-corrected chi connectivity index (χ1v) is 10.1. The number of anilines is 2. The molecule has 0 unspecified atom stereocenters. The Morgan fingerprint density at radius 2 is 1.85 bits per heavy atom. The molecule has 0 atom stereocenters. The number of aromatic nitrogens is 2. The molecule has 3 aromatic rings. The molecule has 3 rings (SSSR count). The average molecular weight is 457 g/mol. The molecule has 7 nitrogen and oxygen atoms in total. The number of hydrogen-bond donors (Lipinski definition) is 2. The minimum atomic E-state index is -4.14. The third kappa shape index (κ3) is 4.23. The highest BCUT2D eigenvalue weighted by Gasteiger charge is 2.22. The molecule has 0 spiro atoms. The lowest BCUT2D eigenvalue weighted by Gasteiger charge is -2.06. The van der Waals surface area contributed by atoms with Crippen LogP contribution in [-0.2, 0) is 10.0 Å². The molecule has 0 aliphatic carbocycles. The predicted octanol–water partition coefficient (Wildman–Crippen LogP) is 3.49. The fraction of sp³-hybridized carbons (Fsp3) is 0. The molecule has 0 fully saturated rings. The first-order valence-electron chi connectivity index (χ1n) is 7.03. The predicted molar refractivity (Wildman–Crippen MR) is 99.2 cm³/mol. The van der Waals surface area contributed by atoms with Crippen molar-refractivity contribution < 1.29 is 17.6 Å². The molecule has 0 saturated carbocycles. The maximum Gasteiger partial charge on any atom is 0.291 e. The zero-order valence-corrected chi connectivity index (χ0v) is 16.0. The number of benzene rings is 2. The number of rotatable bonds is 5. The fourth-order valence-corrected chi connectivity index (χ4v) is 4.19. The largest absolute Gasteiger partial charge is 0.296 e. The summed E-state index contributed by atoms with van der Waals surface area (Å²) in [5, 5.41) is 9.67. The summed E-state index contributed by atoms with van der Waals surface area (Å²) in [5.74, 6) is -1.19. The molecule has 0 bridgehead atoms. The van der Waals surface area contributed by atoms with Crippen LogP contribution in [0.4, 0.5) is 15.2 Å². The van der Waals surface area contributed by atoms with Gasteiger partial charge in [0.1, 0.15) is 5.82 Å². The molecule has 1 aromatic heterocycles. The van der Waals surface area contributed by atoms with Crippen LogP contribution < -0.4 is 10.0 Å². The van der Waals surface area contributed by atoms with Crippen molar-refractivity contribution in [2.45, 2.75) is 4.34 Å². The molecule has 2 aromatic carbocycles. The van der Waals surface area contributed by atoms with Gasteiger partial charge in [-0.15, -0.1) is 10.2 Å². The van der Waals surface area contributed by atoms with E-state index in [1.807, 2.05) is 0 Å². The van der Waals surface area contributed by atoms with E-state index >= 15 is 0 Å². The Labute approximate surface area is 160 Å². The third-order valence-corrected chi connectivity index (χ3v) is 6.13. The van der Waals surface area contributed by atoms with Gasteiger partial charge in [-0.25, -0.2) is 4.39 Å². The van der Waals surface area contributed by atoms with E-state index in [1.54, 1.807) is 30.3 Å². The molecule has 2 N–H and O–H groups in total. The fourth-order valence-electron chi connectivity index (χ4n) is 1.89. The van der Waals surface area contributed by atoms with Crippen LogP contribution in [0.3, 0.4) is 0 Å². The van der Waals surface area contributed by atoms with Crippen LogP contribution >= 0.6 is 27.3 Å². The summed E-state index contributed by atoms with van der Waals surface area (Å²) in [6.45, 7) is 0. The second kappa shape index (κ2) is 7.48. The first kappa shape index (κ1) is 18.4. The van der Waals surface area contributed by atoms with E-state index in [9.17, 15) is 17.6 Å². The van der Waals surface area contributed by atoms with Crippen LogP contribution in [0.25, 0.3) is 0 Å². The summed E-state index contributed by atoms with van der Waals surface area (Å²) in [7, 11) is -4.14. The van der Waals surface area contributed by atoms with Crippen molar-refractivity contribution in [1.29, 1.82) is 0 Å². The van der Waals surface area contributed by atoms with Crippen molar-refractivity contribution in [3.05, 3.63) is 64.4 Å². The van der Waals surface area contributed by atoms with Gasteiger partial charge in [0.05, 0.1) is 5.69 Å². The minimum Gasteiger partial charge on any atom is -0.296 e. The van der Waals surface area contributed by atoms with Crippen molar-refractivity contribution >= 4 is 54.0 Å². The van der Waals surface area contributed by atoms with Crippen molar-refractivity contribution in [3.8, 4) is 0 Å². The van der Waals surface area contributed by atoms with E-state index in [-0.39, 0.29) is 10.8 Å². The van der Waals surface area contributed by atoms with Gasteiger partial charge in [0.2, 0.25) is 5.13 Å². The lowest BCUT2D eigenvalue weighted by atomic mass is 10.2. The van der Waals surface area contributed by atoms with Crippen LogP contribution in [0.15, 0.2) is 57.3 Å². The van der Waals surface area contributed by atoms with E-state index in [0.29, 0.717) is 21.4 Å². The van der Waals surface area contributed by atoms with Crippen LogP contribution in [-0.4, -0.2) is 24.5 Å². The maximum absolute atomic E-state index is 13.8. The van der Waals surface area contributed by atoms with Gasteiger partial charge >= 0.3 is 0 Å². The molecule has 134 valence electrons. The van der Waals surface area contributed by atoms with E-state index in [0.717, 1.165) is 6.07 Å². The smallest absolute Gasteiger partial charge is 0.291 e. The zero-order valence-electron chi connectivity index (χ0n) is 12.8. The topological polar surface area (TPSA) is 101 Å². The number of nitrogens with zero attached hydrogens (tertiary/aromatic N) is 2. The van der Waals surface area contributed by atoms with E-state index < -0.39 is 26.1 Å². The Balaban J connectivity index is 1.77. The summed E-state index contributed by atoms with van der Waals surface area (Å²) < 4.78 is 40.6. The Kier molecular flexibility index (Phi) is 5.30. The second-order valence-corrected chi connectivity index (χ2v) is 8.67. The number of carbonyl (C=O) groups is 1. The molecule has 11 heteroatoms. The van der Waals surface area contributed by atoms with Gasteiger partial charge in [0.25, 0.3) is 20.3 Å². The summed E-state index contributed by atoms with van der Waals surface area (Å²) in [4.78, 5) is 12.0. The summed E-state index contributed by atoms with van der Waals surface area (Å²) >= 11 is 3.74. The average Bonchev–Trinajstić information content (AvgIpc) is 3.08. The molecule has 0 radical (unpaired) electrons. The van der Waals surface area contributed by atoms with Crippen LogP contribution in [0.2, 0.25) is 0 Å². The van der Waals surface area contributed by atoms with E-state index in [1.165, 1.54) is 12.1 Å². The summed E-state index contributed by atoms with van der Waals surface area (Å²) in [6.07, 6.45) is 0. The van der Waals surface area contributed by atoms with Gasteiger partial charge in [-0.3, -0.25) is 14.8 Å². The monoisotopic (exact) mass is 456 g/mol. The molecule has 1 heterocycles. The zero-order chi connectivity index (χ0) is 18.7. The number of halogens is 2. The summed E-state index contributed by atoms with van der Waals surface area (Å²) in [5.41, 5.74) is 0.167. The normalized spacial score (nSPS) is 11.2. The highest BCUT2D eigenvalue weighted by Crippen LogP contribution is 2.25. The second-order valence-electron chi connectivity index (χ2n) is 4.92. The van der Waals surface area contributed by atoms with Gasteiger partial charge in [0, 0.05) is 10.0 Å². The maximum atomic E-state index is 13.8. The molecular weight excluding hydrogens is 447 g/mol. The molecule has 1 amide bonds. The number of hydrogen-bond acceptors (Lipinski definition) is 6. The van der Waals surface area contributed by atoms with Gasteiger partial charge in [0.15, 0.2) is 0 Å². The Morgan fingerprint density at radius 1 is 1.12 bits per heavy atom. The van der Waals surface area contributed by atoms with E-state index in [2.05, 4.69) is 36.2 Å². The lowest BCUT2D eigenvalue weighted by Crippen LogP contribution is -2.13. The van der Waals surface area contributed by atoms with Crippen molar-refractivity contribution in [1.82, 2.24) is 10.2 Å². The SMILES string of the molecule is O=C(Nc1nnc(S(=O)(=O)Nc2ccc(Br)cc2F)s1)c1ccccc1. The van der Waals surface area contributed by atoms with Crippen LogP contribution in [0.5, 0.6) is 0 Å². The van der Waals surface area contributed by atoms with Gasteiger partial charge in [-0.05, 0) is 30.3 Å². The standard InChI is InChI=1S/C15H10BrFN4O3S2/c16-10-6-7-12(11(17)8-10)21-26(23,24)15-20-19-14(25-15)18-13(22)9-4-2-1-3-5-9/h1-8,21H,(H,18,19,22). The number of carbonyl (C=O) groups excluding carboxylic acids is 1. The molecule has 0 aliphatic rings. The first-order chi connectivity index (χ1) is 12.3. The van der Waals surface area contributed by atoms with E-state index in [4.69, 9.17) is 0 Å². The van der Waals surface area contributed by atoms with Crippen molar-refractivity contribution in [2.24, 2.45) is 0 Å². The van der Waals surface area contributed by atoms with Crippen LogP contribution in [0.1, 0.15) is 10.4 Å². The Morgan fingerprint density at radius 3 is 2.54 bits per heavy atom. The Bertz CT molecular complexity index is 1060. The Hall–Kier alpha value is -2.37. The molecule has 0 aliphatic heterocycles. The van der Waals surface area contributed by atoms with Gasteiger partial charge in [-0.2, -0.15) is 8.42 Å². The molecule has 0 saturated heterocycles. The molecular formula is C15H10BrFN4O3S2. The summed E-state index contributed by atoms with van der Waals surface area (Å²) in [6, 6.07) is 12.3. The van der Waals surface area contributed by atoms with Crippen molar-refractivity contribution in [2.75, 3.05) is 10.0 Å². The highest BCUT2D eigenvalue weighted by atomic mass is 79.9. The quantitative estimate of drug-likeness (QED) is 0.572. The van der Waals surface area contributed by atoms with Gasteiger partial charge < -0.3 is 0 Å². The van der Waals surface area contributed by atoms with Crippen LogP contribution in [0, 0.1) is 5.82 Å². The molecule has 26 heavy (non-hydrogen) atoms. The highest BCUT2D eigenvalue weighted by molar-refractivity contribution is 9.10. The van der Waals surface area contributed by atoms with Crippen molar-refractivity contribution in [3.63, 3.8) is 0 Å². The number of sulfonamides is 1. The minimum absolute atomic E-state index is 0.00973. The lowest BCUT2D eigenvalue weighted by molar-refractivity contribution is 0.102. The van der Waals surface area contributed by atoms with Gasteiger partial charge in [-0.1, -0.05) is 45.5 Å². The number of nitrogens with one attached hydrogen (secondary N) is 2. The number of amides is 1.